The van der Waals surface area contributed by atoms with Gasteiger partial charge in [-0.2, -0.15) is 0 Å². The van der Waals surface area contributed by atoms with Gasteiger partial charge in [0.05, 0.1) is 6.10 Å². The number of fused-ring (bicyclic) bond motifs is 1. The highest BCUT2D eigenvalue weighted by atomic mass is 16.3. The van der Waals surface area contributed by atoms with Gasteiger partial charge in [0.1, 0.15) is 0 Å². The zero-order valence-corrected chi connectivity index (χ0v) is 20.1. The fourth-order valence-electron chi connectivity index (χ4n) is 6.94. The third-order valence-electron chi connectivity index (χ3n) is 8.74. The van der Waals surface area contributed by atoms with Gasteiger partial charge < -0.3 is 5.11 Å². The van der Waals surface area contributed by atoms with E-state index in [0.29, 0.717) is 5.41 Å². The van der Waals surface area contributed by atoms with Crippen molar-refractivity contribution in [1.82, 2.24) is 0 Å². The summed E-state index contributed by atoms with van der Waals surface area (Å²) in [5.74, 6) is 3.31. The topological polar surface area (TPSA) is 20.2 Å². The van der Waals surface area contributed by atoms with Crippen molar-refractivity contribution in [2.24, 2.45) is 29.1 Å². The molecular formula is C28H46O. The van der Waals surface area contributed by atoms with Crippen molar-refractivity contribution in [2.45, 2.75) is 112 Å². The van der Waals surface area contributed by atoms with Crippen LogP contribution in [-0.2, 0) is 0 Å². The molecule has 1 heteroatoms. The van der Waals surface area contributed by atoms with Crippen LogP contribution >= 0.6 is 0 Å². The number of aliphatic hydroxyl groups is 1. The van der Waals surface area contributed by atoms with E-state index >= 15 is 0 Å². The van der Waals surface area contributed by atoms with Gasteiger partial charge in [-0.15, -0.1) is 0 Å². The van der Waals surface area contributed by atoms with Crippen LogP contribution in [0.3, 0.4) is 0 Å². The molecule has 1 N–H and O–H groups in total. The summed E-state index contributed by atoms with van der Waals surface area (Å²) in [6, 6.07) is 0. The molecule has 0 aromatic carbocycles. The highest BCUT2D eigenvalue weighted by molar-refractivity contribution is 5.42. The Morgan fingerprint density at radius 3 is 2.69 bits per heavy atom. The lowest BCUT2D eigenvalue weighted by Gasteiger charge is -2.43. The average molecular weight is 399 g/mol. The van der Waals surface area contributed by atoms with Gasteiger partial charge in [-0.3, -0.25) is 0 Å². The Labute approximate surface area is 180 Å². The molecule has 164 valence electrons. The van der Waals surface area contributed by atoms with Gasteiger partial charge in [-0.1, -0.05) is 59.1 Å². The summed E-state index contributed by atoms with van der Waals surface area (Å²) < 4.78 is 0. The maximum absolute atomic E-state index is 10.3. The molecule has 0 unspecified atom stereocenters. The summed E-state index contributed by atoms with van der Waals surface area (Å²) in [6.45, 7) is 14.3. The van der Waals surface area contributed by atoms with Crippen LogP contribution in [0.5, 0.6) is 0 Å². The molecule has 1 nitrogen and oxygen atoms in total. The van der Waals surface area contributed by atoms with Crippen LogP contribution in [0.15, 0.2) is 34.4 Å². The lowest BCUT2D eigenvalue weighted by atomic mass is 9.62. The minimum absolute atomic E-state index is 0.227. The number of rotatable bonds is 7. The van der Waals surface area contributed by atoms with Crippen LogP contribution in [0.1, 0.15) is 106 Å². The molecule has 29 heavy (non-hydrogen) atoms. The molecule has 0 bridgehead atoms. The zero-order valence-electron chi connectivity index (χ0n) is 20.1. The molecule has 3 aliphatic rings. The van der Waals surface area contributed by atoms with E-state index in [-0.39, 0.29) is 6.10 Å². The van der Waals surface area contributed by atoms with Crippen LogP contribution in [0.4, 0.5) is 0 Å². The first kappa shape index (κ1) is 22.9. The number of allylic oxidation sites excluding steroid dienone is 5. The monoisotopic (exact) mass is 398 g/mol. The number of aliphatic hydroxyl groups excluding tert-OH is 1. The largest absolute Gasteiger partial charge is 0.389 e. The predicted molar refractivity (Wildman–Crippen MR) is 126 cm³/mol. The quantitative estimate of drug-likeness (QED) is 0.460. The second-order valence-corrected chi connectivity index (χ2v) is 11.2. The highest BCUT2D eigenvalue weighted by Gasteiger charge is 2.49. The van der Waals surface area contributed by atoms with Crippen molar-refractivity contribution in [1.29, 1.82) is 0 Å². The molecular weight excluding hydrogens is 352 g/mol. The van der Waals surface area contributed by atoms with Crippen molar-refractivity contribution in [2.75, 3.05) is 0 Å². The first-order chi connectivity index (χ1) is 13.7. The molecule has 5 atom stereocenters. The molecule has 0 aliphatic heterocycles. The number of hydrogen-bond acceptors (Lipinski definition) is 1. The molecule has 0 aromatic rings. The molecule has 1 saturated carbocycles. The fraction of sp³-hybridized carbons (Fsp3) is 0.786. The van der Waals surface area contributed by atoms with Crippen LogP contribution in [0, 0.1) is 29.1 Å². The summed E-state index contributed by atoms with van der Waals surface area (Å²) in [4.78, 5) is 0. The van der Waals surface area contributed by atoms with Crippen molar-refractivity contribution >= 4 is 0 Å². The summed E-state index contributed by atoms with van der Waals surface area (Å²) in [6.07, 6.45) is 17.6. The lowest BCUT2D eigenvalue weighted by molar-refractivity contribution is 0.107. The van der Waals surface area contributed by atoms with Crippen LogP contribution in [-0.4, -0.2) is 11.2 Å². The van der Waals surface area contributed by atoms with Gasteiger partial charge in [0.2, 0.25) is 0 Å². The number of hydrogen-bond donors (Lipinski definition) is 1. The van der Waals surface area contributed by atoms with E-state index < -0.39 is 0 Å². The lowest BCUT2D eigenvalue weighted by Crippen LogP contribution is -2.35. The van der Waals surface area contributed by atoms with Crippen LogP contribution < -0.4 is 0 Å². The van der Waals surface area contributed by atoms with Crippen molar-refractivity contribution in [3.63, 3.8) is 0 Å². The van der Waals surface area contributed by atoms with Gasteiger partial charge in [0.15, 0.2) is 0 Å². The SMILES string of the molecule is CC1=C(/C(C)=C\C2=CCC[C@]3(C)[C@@H]([C@H](C)CCCC(C)C)CC[C@@H]23)CCC[C@@H]1O. The molecule has 0 aromatic heterocycles. The minimum Gasteiger partial charge on any atom is -0.389 e. The highest BCUT2D eigenvalue weighted by Crippen LogP contribution is 2.59. The van der Waals surface area contributed by atoms with Gasteiger partial charge in [-0.25, -0.2) is 0 Å². The van der Waals surface area contributed by atoms with E-state index in [9.17, 15) is 5.11 Å². The van der Waals surface area contributed by atoms with E-state index in [1.807, 2.05) is 0 Å². The van der Waals surface area contributed by atoms with Gasteiger partial charge in [-0.05, 0) is 110 Å². The van der Waals surface area contributed by atoms with E-state index in [1.54, 1.807) is 5.57 Å². The predicted octanol–water partition coefficient (Wildman–Crippen LogP) is 8.01. The maximum Gasteiger partial charge on any atom is 0.0753 e. The molecule has 0 radical (unpaired) electrons. The van der Waals surface area contributed by atoms with Gasteiger partial charge >= 0.3 is 0 Å². The Morgan fingerprint density at radius 2 is 1.97 bits per heavy atom. The third-order valence-corrected chi connectivity index (χ3v) is 8.74. The van der Waals surface area contributed by atoms with E-state index in [1.165, 1.54) is 61.7 Å². The fourth-order valence-corrected chi connectivity index (χ4v) is 6.94. The Balaban J connectivity index is 1.74. The molecule has 0 amide bonds. The average Bonchev–Trinajstić information content (AvgIpc) is 3.01. The first-order valence-corrected chi connectivity index (χ1v) is 12.5. The maximum atomic E-state index is 10.3. The first-order valence-electron chi connectivity index (χ1n) is 12.5. The smallest absolute Gasteiger partial charge is 0.0753 e. The van der Waals surface area contributed by atoms with Crippen molar-refractivity contribution < 1.29 is 5.11 Å². The summed E-state index contributed by atoms with van der Waals surface area (Å²) in [5.41, 5.74) is 6.13. The van der Waals surface area contributed by atoms with Gasteiger partial charge in [0.25, 0.3) is 0 Å². The molecule has 0 saturated heterocycles. The van der Waals surface area contributed by atoms with E-state index in [2.05, 4.69) is 53.7 Å². The normalized spacial score (nSPS) is 34.4. The Kier molecular flexibility index (Phi) is 7.52. The van der Waals surface area contributed by atoms with E-state index in [4.69, 9.17) is 0 Å². The molecule has 3 aliphatic carbocycles. The molecule has 0 heterocycles. The summed E-state index contributed by atoms with van der Waals surface area (Å²) in [7, 11) is 0. The zero-order chi connectivity index (χ0) is 21.2. The molecule has 1 fully saturated rings. The van der Waals surface area contributed by atoms with E-state index in [0.717, 1.165) is 42.9 Å². The molecule has 0 spiro atoms. The second kappa shape index (κ2) is 9.54. The Hall–Kier alpha value is -0.820. The standard InChI is InChI=1S/C28H46O/c1-19(2)10-7-11-20(3)25-15-16-26-23(12-9-17-28(25,26)6)18-21(4)24-13-8-14-27(29)22(24)5/h12,18-20,25-27,29H,7-11,13-17H2,1-6H3/b21-18-/t20-,25-,26+,27+,28-/m1/s1. The minimum atomic E-state index is -0.227. The second-order valence-electron chi connectivity index (χ2n) is 11.2. The van der Waals surface area contributed by atoms with Crippen LogP contribution in [0.25, 0.3) is 0 Å². The van der Waals surface area contributed by atoms with Crippen molar-refractivity contribution in [3.05, 3.63) is 34.4 Å². The summed E-state index contributed by atoms with van der Waals surface area (Å²) >= 11 is 0. The van der Waals surface area contributed by atoms with Crippen LogP contribution in [0.2, 0.25) is 0 Å². The molecule has 3 rings (SSSR count). The van der Waals surface area contributed by atoms with Crippen molar-refractivity contribution in [3.8, 4) is 0 Å². The Bertz CT molecular complexity index is 664. The van der Waals surface area contributed by atoms with Gasteiger partial charge in [0, 0.05) is 0 Å². The summed E-state index contributed by atoms with van der Waals surface area (Å²) in [5, 5.41) is 10.3. The Morgan fingerprint density at radius 1 is 1.21 bits per heavy atom. The third kappa shape index (κ3) is 4.92.